The second-order valence-corrected chi connectivity index (χ2v) is 9.14. The van der Waals surface area contributed by atoms with Crippen LogP contribution in [0.25, 0.3) is 0 Å². The number of piperazine rings is 1. The summed E-state index contributed by atoms with van der Waals surface area (Å²) in [7, 11) is 0. The van der Waals surface area contributed by atoms with E-state index < -0.39 is 5.60 Å². The minimum atomic E-state index is -0.485. The predicted molar refractivity (Wildman–Crippen MR) is 115 cm³/mol. The molecule has 9 nitrogen and oxygen atoms in total. The SMILES string of the molecule is CC(C)(C)OC(=O)N1CCN(CCNC(=O)C2CCN(C(=O)c3ccco3)CC2)CC1. The molecule has 3 rings (SSSR count). The third kappa shape index (κ3) is 6.72. The molecule has 1 aromatic rings. The molecular formula is C22H34N4O5. The molecule has 3 amide bonds. The Morgan fingerprint density at radius 1 is 1.06 bits per heavy atom. The summed E-state index contributed by atoms with van der Waals surface area (Å²) in [5, 5.41) is 3.03. The van der Waals surface area contributed by atoms with Crippen LogP contribution < -0.4 is 5.32 Å². The first kappa shape index (κ1) is 23.1. The summed E-state index contributed by atoms with van der Waals surface area (Å²) in [6.07, 6.45) is 2.54. The molecule has 0 aliphatic carbocycles. The second kappa shape index (κ2) is 10.2. The Hall–Kier alpha value is -2.55. The first-order valence-corrected chi connectivity index (χ1v) is 11.0. The molecule has 2 aliphatic heterocycles. The smallest absolute Gasteiger partial charge is 0.410 e. The second-order valence-electron chi connectivity index (χ2n) is 9.14. The Morgan fingerprint density at radius 3 is 2.32 bits per heavy atom. The van der Waals surface area contributed by atoms with Gasteiger partial charge in [0.05, 0.1) is 6.26 Å². The van der Waals surface area contributed by atoms with Gasteiger partial charge in [-0.3, -0.25) is 14.5 Å². The summed E-state index contributed by atoms with van der Waals surface area (Å²) in [5.41, 5.74) is -0.485. The lowest BCUT2D eigenvalue weighted by Gasteiger charge is -2.35. The average Bonchev–Trinajstić information content (AvgIpc) is 3.27. The van der Waals surface area contributed by atoms with Gasteiger partial charge in [0.1, 0.15) is 5.60 Å². The van der Waals surface area contributed by atoms with Crippen molar-refractivity contribution in [2.24, 2.45) is 5.92 Å². The standard InChI is InChI=1S/C22H34N4O5/c1-22(2,3)31-21(29)26-14-12-24(13-15-26)11-8-23-19(27)17-6-9-25(10-7-17)20(28)18-5-4-16-30-18/h4-5,16-17H,6-15H2,1-3H3,(H,23,27). The average molecular weight is 435 g/mol. The van der Waals surface area contributed by atoms with Gasteiger partial charge in [0, 0.05) is 58.3 Å². The number of furan rings is 1. The number of amides is 3. The van der Waals surface area contributed by atoms with E-state index in [9.17, 15) is 14.4 Å². The Labute approximate surface area is 183 Å². The molecule has 0 radical (unpaired) electrons. The lowest BCUT2D eigenvalue weighted by atomic mass is 9.95. The van der Waals surface area contributed by atoms with Crippen LogP contribution >= 0.6 is 0 Å². The van der Waals surface area contributed by atoms with Gasteiger partial charge in [-0.15, -0.1) is 0 Å². The predicted octanol–water partition coefficient (Wildman–Crippen LogP) is 1.80. The van der Waals surface area contributed by atoms with Crippen LogP contribution in [0.5, 0.6) is 0 Å². The molecule has 9 heteroatoms. The highest BCUT2D eigenvalue weighted by Gasteiger charge is 2.29. The highest BCUT2D eigenvalue weighted by Crippen LogP contribution is 2.19. The number of piperidine rings is 1. The molecular weight excluding hydrogens is 400 g/mol. The molecule has 0 spiro atoms. The van der Waals surface area contributed by atoms with Crippen LogP contribution in [0.2, 0.25) is 0 Å². The summed E-state index contributed by atoms with van der Waals surface area (Å²) in [4.78, 5) is 42.7. The number of carbonyl (C=O) groups excluding carboxylic acids is 3. The number of nitrogens with zero attached hydrogens (tertiary/aromatic N) is 3. The molecule has 0 aromatic carbocycles. The zero-order valence-electron chi connectivity index (χ0n) is 18.8. The van der Waals surface area contributed by atoms with Crippen molar-refractivity contribution in [1.29, 1.82) is 0 Å². The molecule has 2 fully saturated rings. The van der Waals surface area contributed by atoms with Crippen molar-refractivity contribution in [2.75, 3.05) is 52.4 Å². The van der Waals surface area contributed by atoms with E-state index in [0.29, 0.717) is 51.3 Å². The van der Waals surface area contributed by atoms with Gasteiger partial charge in [-0.05, 0) is 45.7 Å². The molecule has 2 saturated heterocycles. The van der Waals surface area contributed by atoms with Crippen molar-refractivity contribution < 1.29 is 23.5 Å². The highest BCUT2D eigenvalue weighted by molar-refractivity contribution is 5.91. The van der Waals surface area contributed by atoms with Gasteiger partial charge in [0.15, 0.2) is 5.76 Å². The summed E-state index contributed by atoms with van der Waals surface area (Å²) < 4.78 is 10.6. The van der Waals surface area contributed by atoms with Crippen molar-refractivity contribution in [3.63, 3.8) is 0 Å². The van der Waals surface area contributed by atoms with Gasteiger partial charge >= 0.3 is 6.09 Å². The third-order valence-corrected chi connectivity index (χ3v) is 5.64. The maximum absolute atomic E-state index is 12.5. The summed E-state index contributed by atoms with van der Waals surface area (Å²) in [6.45, 7) is 10.8. The largest absolute Gasteiger partial charge is 0.459 e. The first-order chi connectivity index (χ1) is 14.7. The van der Waals surface area contributed by atoms with Crippen molar-refractivity contribution in [1.82, 2.24) is 20.0 Å². The van der Waals surface area contributed by atoms with Crippen molar-refractivity contribution in [3.05, 3.63) is 24.2 Å². The molecule has 172 valence electrons. The lowest BCUT2D eigenvalue weighted by molar-refractivity contribution is -0.126. The van der Waals surface area contributed by atoms with Crippen LogP contribution in [0.15, 0.2) is 22.8 Å². The summed E-state index contributed by atoms with van der Waals surface area (Å²) >= 11 is 0. The fraction of sp³-hybridized carbons (Fsp3) is 0.682. The molecule has 0 unspecified atom stereocenters. The Kier molecular flexibility index (Phi) is 7.59. The van der Waals surface area contributed by atoms with Crippen LogP contribution in [-0.4, -0.2) is 90.6 Å². The van der Waals surface area contributed by atoms with Gasteiger partial charge in [-0.25, -0.2) is 4.79 Å². The number of hydrogen-bond donors (Lipinski definition) is 1. The molecule has 3 heterocycles. The first-order valence-electron chi connectivity index (χ1n) is 11.0. The minimum absolute atomic E-state index is 0.0532. The van der Waals surface area contributed by atoms with E-state index in [-0.39, 0.29) is 23.8 Å². The zero-order chi connectivity index (χ0) is 22.4. The zero-order valence-corrected chi connectivity index (χ0v) is 18.8. The molecule has 2 aliphatic rings. The molecule has 1 aromatic heterocycles. The number of nitrogens with one attached hydrogen (secondary N) is 1. The van der Waals surface area contributed by atoms with E-state index in [0.717, 1.165) is 19.6 Å². The van der Waals surface area contributed by atoms with E-state index in [2.05, 4.69) is 10.2 Å². The third-order valence-electron chi connectivity index (χ3n) is 5.64. The lowest BCUT2D eigenvalue weighted by Crippen LogP contribution is -2.51. The van der Waals surface area contributed by atoms with Crippen LogP contribution in [0.3, 0.4) is 0 Å². The normalized spacial score (nSPS) is 18.7. The van der Waals surface area contributed by atoms with Crippen LogP contribution in [-0.2, 0) is 9.53 Å². The molecule has 0 saturated carbocycles. The van der Waals surface area contributed by atoms with Gasteiger partial charge in [0.25, 0.3) is 5.91 Å². The number of rotatable bonds is 5. The van der Waals surface area contributed by atoms with E-state index in [1.807, 2.05) is 20.8 Å². The van der Waals surface area contributed by atoms with E-state index in [4.69, 9.17) is 9.15 Å². The maximum Gasteiger partial charge on any atom is 0.410 e. The topological polar surface area (TPSA) is 95.3 Å². The molecule has 31 heavy (non-hydrogen) atoms. The Morgan fingerprint density at radius 2 is 1.74 bits per heavy atom. The van der Waals surface area contributed by atoms with Crippen LogP contribution in [0, 0.1) is 5.92 Å². The van der Waals surface area contributed by atoms with E-state index in [1.54, 1.807) is 21.9 Å². The van der Waals surface area contributed by atoms with Gasteiger partial charge in [0.2, 0.25) is 5.91 Å². The molecule has 0 bridgehead atoms. The monoisotopic (exact) mass is 434 g/mol. The van der Waals surface area contributed by atoms with Gasteiger partial charge in [-0.2, -0.15) is 0 Å². The number of likely N-dealkylation sites (tertiary alicyclic amines) is 1. The van der Waals surface area contributed by atoms with Gasteiger partial charge < -0.3 is 24.3 Å². The number of ether oxygens (including phenoxy) is 1. The molecule has 0 atom stereocenters. The highest BCUT2D eigenvalue weighted by atomic mass is 16.6. The number of hydrogen-bond acceptors (Lipinski definition) is 6. The molecule has 1 N–H and O–H groups in total. The minimum Gasteiger partial charge on any atom is -0.459 e. The fourth-order valence-electron chi connectivity index (χ4n) is 3.86. The Bertz CT molecular complexity index is 742. The van der Waals surface area contributed by atoms with Crippen molar-refractivity contribution in [3.8, 4) is 0 Å². The quantitative estimate of drug-likeness (QED) is 0.759. The summed E-state index contributed by atoms with van der Waals surface area (Å²) in [6, 6.07) is 3.36. The summed E-state index contributed by atoms with van der Waals surface area (Å²) in [5.74, 6) is 0.214. The van der Waals surface area contributed by atoms with Gasteiger partial charge in [-0.1, -0.05) is 0 Å². The Balaban J connectivity index is 1.31. The van der Waals surface area contributed by atoms with Crippen LogP contribution in [0.1, 0.15) is 44.2 Å². The number of carbonyl (C=O) groups is 3. The maximum atomic E-state index is 12.5. The van der Waals surface area contributed by atoms with E-state index >= 15 is 0 Å². The van der Waals surface area contributed by atoms with E-state index in [1.165, 1.54) is 6.26 Å². The fourth-order valence-corrected chi connectivity index (χ4v) is 3.86. The van der Waals surface area contributed by atoms with Crippen molar-refractivity contribution >= 4 is 17.9 Å². The van der Waals surface area contributed by atoms with Crippen LogP contribution in [0.4, 0.5) is 4.79 Å². The van der Waals surface area contributed by atoms with Crippen molar-refractivity contribution in [2.45, 2.75) is 39.2 Å².